The van der Waals surface area contributed by atoms with Crippen LogP contribution in [0.25, 0.3) is 0 Å². The predicted molar refractivity (Wildman–Crippen MR) is 62.2 cm³/mol. The van der Waals surface area contributed by atoms with Crippen LogP contribution in [-0.2, 0) is 0 Å². The van der Waals surface area contributed by atoms with Crippen molar-refractivity contribution in [1.82, 2.24) is 0 Å². The van der Waals surface area contributed by atoms with Crippen LogP contribution in [0.4, 0.5) is 0 Å². The summed E-state index contributed by atoms with van der Waals surface area (Å²) < 4.78 is 4.99. The Hall–Kier alpha value is -0.730. The number of ether oxygens (including phenoxy) is 1. The van der Waals surface area contributed by atoms with E-state index >= 15 is 0 Å². The molecule has 0 saturated carbocycles. The molecule has 0 saturated heterocycles. The Morgan fingerprint density at radius 1 is 1.27 bits per heavy atom. The number of hydrogen-bond donors (Lipinski definition) is 0. The summed E-state index contributed by atoms with van der Waals surface area (Å²) in [7, 11) is 1.50. The zero-order valence-electron chi connectivity index (χ0n) is 8.80. The SMILES string of the molecule is COc1cc(Cl)c(C(=O)C(C)C)cc1Cl. The molecular weight excluding hydrogens is 235 g/mol. The lowest BCUT2D eigenvalue weighted by Gasteiger charge is -2.09. The third-order valence-corrected chi connectivity index (χ3v) is 2.64. The molecule has 0 aliphatic carbocycles. The molecule has 0 fully saturated rings. The maximum Gasteiger partial charge on any atom is 0.166 e. The first kappa shape index (κ1) is 12.3. The van der Waals surface area contributed by atoms with E-state index in [-0.39, 0.29) is 11.7 Å². The maximum atomic E-state index is 11.7. The van der Waals surface area contributed by atoms with Crippen molar-refractivity contribution in [1.29, 1.82) is 0 Å². The average molecular weight is 247 g/mol. The van der Waals surface area contributed by atoms with E-state index in [9.17, 15) is 4.79 Å². The number of halogens is 2. The van der Waals surface area contributed by atoms with Gasteiger partial charge >= 0.3 is 0 Å². The fourth-order valence-corrected chi connectivity index (χ4v) is 1.67. The van der Waals surface area contributed by atoms with Gasteiger partial charge < -0.3 is 4.74 Å². The molecule has 0 N–H and O–H groups in total. The number of benzene rings is 1. The van der Waals surface area contributed by atoms with E-state index in [4.69, 9.17) is 27.9 Å². The predicted octanol–water partition coefficient (Wildman–Crippen LogP) is 3.84. The van der Waals surface area contributed by atoms with E-state index in [1.54, 1.807) is 12.1 Å². The number of ketones is 1. The van der Waals surface area contributed by atoms with Gasteiger partial charge in [-0.3, -0.25) is 4.79 Å². The Labute approximate surface area is 99.1 Å². The van der Waals surface area contributed by atoms with Crippen LogP contribution in [0, 0.1) is 5.92 Å². The highest BCUT2D eigenvalue weighted by molar-refractivity contribution is 6.36. The van der Waals surface area contributed by atoms with Crippen LogP contribution >= 0.6 is 23.2 Å². The zero-order valence-corrected chi connectivity index (χ0v) is 10.3. The Kier molecular flexibility index (Phi) is 4.00. The summed E-state index contributed by atoms with van der Waals surface area (Å²) >= 11 is 11.9. The van der Waals surface area contributed by atoms with Gasteiger partial charge in [-0.1, -0.05) is 37.0 Å². The summed E-state index contributed by atoms with van der Waals surface area (Å²) in [5.41, 5.74) is 0.442. The minimum atomic E-state index is -0.105. The molecule has 0 amide bonds. The second kappa shape index (κ2) is 4.86. The summed E-state index contributed by atoms with van der Waals surface area (Å²) in [6, 6.07) is 3.10. The van der Waals surface area contributed by atoms with Gasteiger partial charge in [0.05, 0.1) is 17.2 Å². The molecule has 0 aliphatic rings. The molecule has 1 rings (SSSR count). The van der Waals surface area contributed by atoms with Crippen molar-refractivity contribution in [2.75, 3.05) is 7.11 Å². The summed E-state index contributed by atoms with van der Waals surface area (Å²) in [5.74, 6) is 0.346. The highest BCUT2D eigenvalue weighted by Gasteiger charge is 2.16. The van der Waals surface area contributed by atoms with E-state index in [0.717, 1.165) is 0 Å². The Balaban J connectivity index is 3.22. The van der Waals surface area contributed by atoms with E-state index < -0.39 is 0 Å². The van der Waals surface area contributed by atoms with Crippen LogP contribution in [0.3, 0.4) is 0 Å². The van der Waals surface area contributed by atoms with Gasteiger partial charge in [0, 0.05) is 17.5 Å². The van der Waals surface area contributed by atoms with Gasteiger partial charge in [0.15, 0.2) is 5.78 Å². The summed E-state index contributed by atoms with van der Waals surface area (Å²) in [4.78, 5) is 11.7. The second-order valence-electron chi connectivity index (χ2n) is 3.49. The molecule has 0 bridgehead atoms. The highest BCUT2D eigenvalue weighted by atomic mass is 35.5. The van der Waals surface area contributed by atoms with Gasteiger partial charge in [0.2, 0.25) is 0 Å². The summed E-state index contributed by atoms with van der Waals surface area (Å²) in [5, 5.41) is 0.765. The first-order valence-electron chi connectivity index (χ1n) is 4.54. The van der Waals surface area contributed by atoms with Crippen molar-refractivity contribution in [3.05, 3.63) is 27.7 Å². The largest absolute Gasteiger partial charge is 0.495 e. The molecule has 0 aromatic heterocycles. The lowest BCUT2D eigenvalue weighted by atomic mass is 10.0. The summed E-state index contributed by atoms with van der Waals surface area (Å²) in [6.45, 7) is 3.63. The summed E-state index contributed by atoms with van der Waals surface area (Å²) in [6.07, 6.45) is 0. The number of Topliss-reactive ketones (excluding diaryl/α,β-unsaturated/α-hetero) is 1. The van der Waals surface area contributed by atoms with E-state index in [1.165, 1.54) is 7.11 Å². The quantitative estimate of drug-likeness (QED) is 0.758. The van der Waals surface area contributed by atoms with Crippen molar-refractivity contribution in [2.45, 2.75) is 13.8 Å². The maximum absolute atomic E-state index is 11.7. The average Bonchev–Trinajstić information content (AvgIpc) is 2.19. The fourth-order valence-electron chi connectivity index (χ4n) is 1.18. The Morgan fingerprint density at radius 3 is 2.33 bits per heavy atom. The molecule has 1 aromatic carbocycles. The number of rotatable bonds is 3. The molecule has 0 heterocycles. The standard InChI is InChI=1S/C11H12Cl2O2/c1-6(2)11(14)7-4-9(13)10(15-3)5-8(7)12/h4-6H,1-3H3. The molecule has 1 aromatic rings. The Bertz CT molecular complexity index is 386. The van der Waals surface area contributed by atoms with E-state index in [1.807, 2.05) is 13.8 Å². The lowest BCUT2D eigenvalue weighted by Crippen LogP contribution is -2.08. The number of hydrogen-bond acceptors (Lipinski definition) is 2. The van der Waals surface area contributed by atoms with Crippen LogP contribution < -0.4 is 4.74 Å². The third kappa shape index (κ3) is 2.64. The van der Waals surface area contributed by atoms with Crippen LogP contribution in [0.1, 0.15) is 24.2 Å². The van der Waals surface area contributed by atoms with Gasteiger partial charge in [0.1, 0.15) is 5.75 Å². The molecule has 2 nitrogen and oxygen atoms in total. The van der Waals surface area contributed by atoms with Crippen molar-refractivity contribution in [2.24, 2.45) is 5.92 Å². The van der Waals surface area contributed by atoms with Gasteiger partial charge in [0.25, 0.3) is 0 Å². The molecule has 4 heteroatoms. The third-order valence-electron chi connectivity index (χ3n) is 2.03. The molecule has 0 atom stereocenters. The van der Waals surface area contributed by atoms with Crippen LogP contribution in [0.5, 0.6) is 5.75 Å². The molecule has 82 valence electrons. The van der Waals surface area contributed by atoms with Crippen LogP contribution in [-0.4, -0.2) is 12.9 Å². The molecule has 0 spiro atoms. The van der Waals surface area contributed by atoms with Gasteiger partial charge in [-0.05, 0) is 6.07 Å². The molecule has 0 radical (unpaired) electrons. The molecular formula is C11H12Cl2O2. The van der Waals surface area contributed by atoms with Crippen molar-refractivity contribution < 1.29 is 9.53 Å². The van der Waals surface area contributed by atoms with Crippen LogP contribution in [0.2, 0.25) is 10.0 Å². The van der Waals surface area contributed by atoms with Gasteiger partial charge in [-0.25, -0.2) is 0 Å². The van der Waals surface area contributed by atoms with E-state index in [0.29, 0.717) is 21.4 Å². The van der Waals surface area contributed by atoms with Crippen molar-refractivity contribution in [3.63, 3.8) is 0 Å². The first-order chi connectivity index (χ1) is 6.97. The molecule has 0 aliphatic heterocycles. The minimum absolute atomic E-state index is 0.0236. The minimum Gasteiger partial charge on any atom is -0.495 e. The van der Waals surface area contributed by atoms with Gasteiger partial charge in [-0.15, -0.1) is 0 Å². The van der Waals surface area contributed by atoms with Crippen LogP contribution in [0.15, 0.2) is 12.1 Å². The number of carbonyl (C=O) groups excluding carboxylic acids is 1. The normalized spacial score (nSPS) is 10.5. The first-order valence-corrected chi connectivity index (χ1v) is 5.30. The Morgan fingerprint density at radius 2 is 1.87 bits per heavy atom. The number of carbonyl (C=O) groups is 1. The topological polar surface area (TPSA) is 26.3 Å². The second-order valence-corrected chi connectivity index (χ2v) is 4.30. The van der Waals surface area contributed by atoms with Crippen molar-refractivity contribution in [3.8, 4) is 5.75 Å². The molecule has 0 unspecified atom stereocenters. The number of methoxy groups -OCH3 is 1. The van der Waals surface area contributed by atoms with E-state index in [2.05, 4.69) is 0 Å². The highest BCUT2D eigenvalue weighted by Crippen LogP contribution is 2.31. The lowest BCUT2D eigenvalue weighted by molar-refractivity contribution is 0.0939. The zero-order chi connectivity index (χ0) is 11.6. The monoisotopic (exact) mass is 246 g/mol. The van der Waals surface area contributed by atoms with Crippen molar-refractivity contribution >= 4 is 29.0 Å². The smallest absolute Gasteiger partial charge is 0.166 e. The fraction of sp³-hybridized carbons (Fsp3) is 0.364. The molecule has 15 heavy (non-hydrogen) atoms. The van der Waals surface area contributed by atoms with Gasteiger partial charge in [-0.2, -0.15) is 0 Å².